The maximum absolute atomic E-state index is 11.7. The van der Waals surface area contributed by atoms with Crippen LogP contribution >= 0.6 is 0 Å². The van der Waals surface area contributed by atoms with Gasteiger partial charge in [-0.2, -0.15) is 0 Å². The highest BCUT2D eigenvalue weighted by molar-refractivity contribution is 5.97. The van der Waals surface area contributed by atoms with E-state index >= 15 is 0 Å². The van der Waals surface area contributed by atoms with Crippen LogP contribution in [0.2, 0.25) is 0 Å². The molecule has 1 saturated carbocycles. The molecule has 72 valence electrons. The van der Waals surface area contributed by atoms with Crippen molar-refractivity contribution in [3.8, 4) is 0 Å². The molecule has 0 spiro atoms. The zero-order chi connectivity index (χ0) is 9.26. The molecule has 0 N–H and O–H groups in total. The van der Waals surface area contributed by atoms with E-state index < -0.39 is 0 Å². The van der Waals surface area contributed by atoms with Gasteiger partial charge < -0.3 is 0 Å². The molecule has 0 unspecified atom stereocenters. The monoisotopic (exact) mass is 181 g/mol. The quantitative estimate of drug-likeness (QED) is 0.572. The molecule has 2 rings (SSSR count). The lowest BCUT2D eigenvalue weighted by Crippen LogP contribution is -2.45. The van der Waals surface area contributed by atoms with Crippen LogP contribution in [0.25, 0.3) is 0 Å². The predicted molar refractivity (Wildman–Crippen MR) is 47.9 cm³/mol. The van der Waals surface area contributed by atoms with E-state index in [-0.39, 0.29) is 17.7 Å². The lowest BCUT2D eigenvalue weighted by atomic mass is 9.84. The van der Waals surface area contributed by atoms with Crippen LogP contribution in [0, 0.1) is 5.92 Å². The normalized spacial score (nSPS) is 24.3. The first-order valence-electron chi connectivity index (χ1n) is 5.13. The minimum Gasteiger partial charge on any atom is -0.282 e. The van der Waals surface area contributed by atoms with Crippen molar-refractivity contribution in [2.24, 2.45) is 5.92 Å². The maximum Gasteiger partial charge on any atom is 0.232 e. The molecule has 1 aliphatic heterocycles. The van der Waals surface area contributed by atoms with Gasteiger partial charge in [0.15, 0.2) is 0 Å². The van der Waals surface area contributed by atoms with Crippen molar-refractivity contribution in [2.75, 3.05) is 6.54 Å². The van der Waals surface area contributed by atoms with Crippen LogP contribution in [0.3, 0.4) is 0 Å². The summed E-state index contributed by atoms with van der Waals surface area (Å²) in [6, 6.07) is 0. The second-order valence-corrected chi connectivity index (χ2v) is 3.97. The van der Waals surface area contributed by atoms with Crippen molar-refractivity contribution in [1.82, 2.24) is 4.90 Å². The third-order valence-electron chi connectivity index (χ3n) is 3.04. The van der Waals surface area contributed by atoms with E-state index in [1.54, 1.807) is 0 Å². The number of hydrogen-bond acceptors (Lipinski definition) is 2. The van der Waals surface area contributed by atoms with E-state index in [4.69, 9.17) is 0 Å². The van der Waals surface area contributed by atoms with Crippen LogP contribution in [0.5, 0.6) is 0 Å². The Morgan fingerprint density at radius 2 is 2.00 bits per heavy atom. The Bertz CT molecular complexity index is 233. The fourth-order valence-electron chi connectivity index (χ4n) is 1.91. The minimum absolute atomic E-state index is 0.0446. The molecule has 1 aliphatic carbocycles. The van der Waals surface area contributed by atoms with Gasteiger partial charge in [-0.05, 0) is 25.7 Å². The lowest BCUT2D eigenvalue weighted by molar-refractivity contribution is -0.150. The first-order valence-corrected chi connectivity index (χ1v) is 5.13. The second kappa shape index (κ2) is 3.48. The number of imide groups is 1. The summed E-state index contributed by atoms with van der Waals surface area (Å²) in [6.45, 7) is 0.661. The van der Waals surface area contributed by atoms with Crippen molar-refractivity contribution in [2.45, 2.75) is 38.5 Å². The summed E-state index contributed by atoms with van der Waals surface area (Å²) in [5.74, 6) is 0.307. The smallest absolute Gasteiger partial charge is 0.232 e. The summed E-state index contributed by atoms with van der Waals surface area (Å²) in [5.41, 5.74) is 0. The van der Waals surface area contributed by atoms with Crippen molar-refractivity contribution >= 4 is 11.8 Å². The van der Waals surface area contributed by atoms with Crippen LogP contribution in [0.1, 0.15) is 38.5 Å². The second-order valence-electron chi connectivity index (χ2n) is 3.97. The van der Waals surface area contributed by atoms with Gasteiger partial charge in [0.2, 0.25) is 11.8 Å². The van der Waals surface area contributed by atoms with E-state index in [0.29, 0.717) is 13.0 Å². The van der Waals surface area contributed by atoms with E-state index in [1.165, 1.54) is 4.90 Å². The minimum atomic E-state index is 0.0446. The molecule has 2 amide bonds. The number of carbonyl (C=O) groups excluding carboxylic acids is 2. The van der Waals surface area contributed by atoms with E-state index in [0.717, 1.165) is 32.1 Å². The topological polar surface area (TPSA) is 37.4 Å². The molecule has 0 radical (unpaired) electrons. The summed E-state index contributed by atoms with van der Waals surface area (Å²) in [6.07, 6.45) is 5.64. The molecular formula is C10H15NO2. The van der Waals surface area contributed by atoms with Crippen LogP contribution in [-0.2, 0) is 9.59 Å². The van der Waals surface area contributed by atoms with Crippen molar-refractivity contribution < 1.29 is 9.59 Å². The Hall–Kier alpha value is -0.860. The highest BCUT2D eigenvalue weighted by Gasteiger charge is 2.33. The van der Waals surface area contributed by atoms with Crippen molar-refractivity contribution in [1.29, 1.82) is 0 Å². The summed E-state index contributed by atoms with van der Waals surface area (Å²) < 4.78 is 0. The number of hydrogen-bond donors (Lipinski definition) is 0. The number of rotatable bonds is 1. The summed E-state index contributed by atoms with van der Waals surface area (Å²) >= 11 is 0. The van der Waals surface area contributed by atoms with Crippen LogP contribution in [0.15, 0.2) is 0 Å². The summed E-state index contributed by atoms with van der Waals surface area (Å²) in [4.78, 5) is 24.6. The Balaban J connectivity index is 1.97. The molecule has 0 atom stereocenters. The number of nitrogens with zero attached hydrogens (tertiary/aromatic N) is 1. The average Bonchev–Trinajstić information content (AvgIpc) is 2.01. The van der Waals surface area contributed by atoms with Gasteiger partial charge >= 0.3 is 0 Å². The molecule has 1 saturated heterocycles. The fraction of sp³-hybridized carbons (Fsp3) is 0.800. The number of carbonyl (C=O) groups is 2. The highest BCUT2D eigenvalue weighted by atomic mass is 16.2. The zero-order valence-corrected chi connectivity index (χ0v) is 7.79. The molecule has 2 fully saturated rings. The van der Waals surface area contributed by atoms with E-state index in [2.05, 4.69) is 0 Å². The largest absolute Gasteiger partial charge is 0.282 e. The van der Waals surface area contributed by atoms with Gasteiger partial charge in [-0.25, -0.2) is 0 Å². The van der Waals surface area contributed by atoms with Gasteiger partial charge in [-0.3, -0.25) is 14.5 Å². The van der Waals surface area contributed by atoms with Crippen molar-refractivity contribution in [3.63, 3.8) is 0 Å². The number of likely N-dealkylation sites (tertiary alicyclic amines) is 1. The molecule has 3 heteroatoms. The third kappa shape index (κ3) is 1.60. The SMILES string of the molecule is O=C1CCCCN1C(=O)C1CCC1. The Labute approximate surface area is 78.1 Å². The van der Waals surface area contributed by atoms with Gasteiger partial charge in [0.25, 0.3) is 0 Å². The van der Waals surface area contributed by atoms with E-state index in [1.807, 2.05) is 0 Å². The van der Waals surface area contributed by atoms with Gasteiger partial charge in [-0.15, -0.1) is 0 Å². The molecule has 1 heterocycles. The molecule has 2 aliphatic rings. The standard InChI is InChI=1S/C10H15NO2/c12-9-6-1-2-7-11(9)10(13)8-4-3-5-8/h8H,1-7H2. The Kier molecular flexibility index (Phi) is 2.34. The Morgan fingerprint density at radius 3 is 2.54 bits per heavy atom. The molecule has 3 nitrogen and oxygen atoms in total. The third-order valence-corrected chi connectivity index (χ3v) is 3.04. The van der Waals surface area contributed by atoms with Crippen LogP contribution in [0.4, 0.5) is 0 Å². The van der Waals surface area contributed by atoms with Crippen LogP contribution in [-0.4, -0.2) is 23.3 Å². The van der Waals surface area contributed by atoms with Gasteiger partial charge in [-0.1, -0.05) is 6.42 Å². The summed E-state index contributed by atoms with van der Waals surface area (Å²) in [7, 11) is 0. The fourth-order valence-corrected chi connectivity index (χ4v) is 1.91. The summed E-state index contributed by atoms with van der Waals surface area (Å²) in [5, 5.41) is 0. The molecule has 0 aromatic heterocycles. The maximum atomic E-state index is 11.7. The predicted octanol–water partition coefficient (Wildman–Crippen LogP) is 1.33. The first-order chi connectivity index (χ1) is 6.29. The van der Waals surface area contributed by atoms with Gasteiger partial charge in [0, 0.05) is 18.9 Å². The number of piperidine rings is 1. The molecule has 0 aromatic rings. The molecular weight excluding hydrogens is 166 g/mol. The molecule has 0 bridgehead atoms. The average molecular weight is 181 g/mol. The van der Waals surface area contributed by atoms with Crippen molar-refractivity contribution in [3.05, 3.63) is 0 Å². The van der Waals surface area contributed by atoms with Crippen LogP contribution < -0.4 is 0 Å². The molecule has 0 aromatic carbocycles. The zero-order valence-electron chi connectivity index (χ0n) is 7.79. The molecule has 13 heavy (non-hydrogen) atoms. The lowest BCUT2D eigenvalue weighted by Gasteiger charge is -2.32. The highest BCUT2D eigenvalue weighted by Crippen LogP contribution is 2.29. The number of amides is 2. The van der Waals surface area contributed by atoms with Gasteiger partial charge in [0.05, 0.1) is 0 Å². The van der Waals surface area contributed by atoms with E-state index in [9.17, 15) is 9.59 Å². The first kappa shape index (κ1) is 8.73. The Morgan fingerprint density at radius 1 is 1.23 bits per heavy atom. The van der Waals surface area contributed by atoms with Gasteiger partial charge in [0.1, 0.15) is 0 Å².